The molecule has 2 heterocycles. The van der Waals surface area contributed by atoms with E-state index in [1.807, 2.05) is 44.4 Å². The Morgan fingerprint density at radius 3 is 2.81 bits per heavy atom. The van der Waals surface area contributed by atoms with Crippen molar-refractivity contribution in [2.45, 2.75) is 19.9 Å². The number of fused-ring (bicyclic) bond motifs is 1. The van der Waals surface area contributed by atoms with Crippen molar-refractivity contribution >= 4 is 28.3 Å². The van der Waals surface area contributed by atoms with Gasteiger partial charge in [0.25, 0.3) is 0 Å². The Bertz CT molecular complexity index is 794. The van der Waals surface area contributed by atoms with Crippen molar-refractivity contribution in [2.24, 2.45) is 7.05 Å². The van der Waals surface area contributed by atoms with E-state index in [1.165, 1.54) is 0 Å². The van der Waals surface area contributed by atoms with Crippen LogP contribution in [0, 0.1) is 6.92 Å². The lowest BCUT2D eigenvalue weighted by molar-refractivity contribution is 0.773. The van der Waals surface area contributed by atoms with E-state index in [2.05, 4.69) is 28.4 Å². The number of aryl methyl sites for hydroxylation is 2. The number of pyridine rings is 1. The Morgan fingerprint density at radius 2 is 2.05 bits per heavy atom. The van der Waals surface area contributed by atoms with Gasteiger partial charge in [0, 0.05) is 17.5 Å². The van der Waals surface area contributed by atoms with Crippen LogP contribution < -0.4 is 5.32 Å². The van der Waals surface area contributed by atoms with Gasteiger partial charge >= 0.3 is 0 Å². The van der Waals surface area contributed by atoms with Crippen molar-refractivity contribution in [1.82, 2.24) is 14.8 Å². The highest BCUT2D eigenvalue weighted by Gasteiger charge is 2.11. The topological polar surface area (TPSA) is 42.7 Å². The van der Waals surface area contributed by atoms with Crippen molar-refractivity contribution in [2.75, 3.05) is 5.32 Å². The van der Waals surface area contributed by atoms with Crippen molar-refractivity contribution in [3.05, 3.63) is 52.8 Å². The van der Waals surface area contributed by atoms with Crippen LogP contribution in [0.4, 0.5) is 5.69 Å². The number of benzene rings is 1. The molecule has 0 spiro atoms. The number of nitrogens with one attached hydrogen (secondary N) is 1. The molecule has 0 fully saturated rings. The number of anilines is 1. The molecule has 2 aromatic heterocycles. The number of nitrogens with zero attached hydrogens (tertiary/aromatic N) is 3. The summed E-state index contributed by atoms with van der Waals surface area (Å²) >= 11 is 6.24. The van der Waals surface area contributed by atoms with Gasteiger partial charge in [0.15, 0.2) is 5.65 Å². The van der Waals surface area contributed by atoms with E-state index in [0.29, 0.717) is 0 Å². The first kappa shape index (κ1) is 13.9. The summed E-state index contributed by atoms with van der Waals surface area (Å²) in [5.74, 6) is 0. The van der Waals surface area contributed by atoms with Crippen molar-refractivity contribution in [3.8, 4) is 0 Å². The van der Waals surface area contributed by atoms with Crippen LogP contribution in [0.5, 0.6) is 0 Å². The lowest BCUT2D eigenvalue weighted by atomic mass is 10.1. The molecule has 5 heteroatoms. The average molecular weight is 301 g/mol. The van der Waals surface area contributed by atoms with E-state index in [0.717, 1.165) is 33.0 Å². The fraction of sp³-hybridized carbons (Fsp3) is 0.250. The summed E-state index contributed by atoms with van der Waals surface area (Å²) in [6.07, 6.45) is 1.83. The molecule has 1 N–H and O–H groups in total. The summed E-state index contributed by atoms with van der Waals surface area (Å²) in [4.78, 5) is 4.48. The minimum atomic E-state index is 0.106. The van der Waals surface area contributed by atoms with Crippen LogP contribution in [-0.2, 0) is 7.05 Å². The molecule has 0 aliphatic heterocycles. The SMILES string of the molecule is Cc1nn(C)c2ncc(N[C@H](C)c3ccccc3Cl)cc12. The van der Waals surface area contributed by atoms with Crippen molar-refractivity contribution in [3.63, 3.8) is 0 Å². The third kappa shape index (κ3) is 2.59. The highest BCUT2D eigenvalue weighted by atomic mass is 35.5. The second-order valence-electron chi connectivity index (χ2n) is 5.19. The van der Waals surface area contributed by atoms with Gasteiger partial charge in [-0.25, -0.2) is 4.98 Å². The Balaban J connectivity index is 1.91. The lowest BCUT2D eigenvalue weighted by Crippen LogP contribution is -2.07. The normalized spacial score (nSPS) is 12.6. The molecule has 0 aliphatic carbocycles. The predicted molar refractivity (Wildman–Crippen MR) is 86.7 cm³/mol. The highest BCUT2D eigenvalue weighted by molar-refractivity contribution is 6.31. The van der Waals surface area contributed by atoms with E-state index in [4.69, 9.17) is 11.6 Å². The summed E-state index contributed by atoms with van der Waals surface area (Å²) in [6.45, 7) is 4.08. The Morgan fingerprint density at radius 1 is 1.29 bits per heavy atom. The third-order valence-corrected chi connectivity index (χ3v) is 3.96. The fourth-order valence-electron chi connectivity index (χ4n) is 2.54. The summed E-state index contributed by atoms with van der Waals surface area (Å²) in [5, 5.41) is 9.66. The fourth-order valence-corrected chi connectivity index (χ4v) is 2.84. The van der Waals surface area contributed by atoms with Gasteiger partial charge in [-0.3, -0.25) is 4.68 Å². The maximum atomic E-state index is 6.24. The predicted octanol–water partition coefficient (Wildman–Crippen LogP) is 4.10. The van der Waals surface area contributed by atoms with E-state index in [-0.39, 0.29) is 6.04 Å². The highest BCUT2D eigenvalue weighted by Crippen LogP contribution is 2.27. The van der Waals surface area contributed by atoms with Crippen LogP contribution in [0.15, 0.2) is 36.5 Å². The molecule has 1 aromatic carbocycles. The molecule has 0 aliphatic rings. The first-order chi connectivity index (χ1) is 10.1. The first-order valence-corrected chi connectivity index (χ1v) is 7.24. The van der Waals surface area contributed by atoms with Gasteiger partial charge in [-0.15, -0.1) is 0 Å². The summed E-state index contributed by atoms with van der Waals surface area (Å²) < 4.78 is 1.80. The summed E-state index contributed by atoms with van der Waals surface area (Å²) in [5.41, 5.74) is 3.91. The lowest BCUT2D eigenvalue weighted by Gasteiger charge is -2.16. The van der Waals surface area contributed by atoms with E-state index in [9.17, 15) is 0 Å². The van der Waals surface area contributed by atoms with Crippen LogP contribution >= 0.6 is 11.6 Å². The van der Waals surface area contributed by atoms with Gasteiger partial charge in [0.2, 0.25) is 0 Å². The zero-order chi connectivity index (χ0) is 15.0. The van der Waals surface area contributed by atoms with E-state index < -0.39 is 0 Å². The minimum absolute atomic E-state index is 0.106. The molecule has 0 unspecified atom stereocenters. The van der Waals surface area contributed by atoms with Gasteiger partial charge in [-0.1, -0.05) is 29.8 Å². The number of aromatic nitrogens is 3. The van der Waals surface area contributed by atoms with Crippen LogP contribution in [0.1, 0.15) is 24.2 Å². The molecule has 1 atom stereocenters. The van der Waals surface area contributed by atoms with Crippen molar-refractivity contribution < 1.29 is 0 Å². The molecular weight excluding hydrogens is 284 g/mol. The Labute approximate surface area is 128 Å². The molecule has 0 radical (unpaired) electrons. The number of rotatable bonds is 3. The standard InChI is InChI=1S/C16H17ClN4/c1-10(13-6-4-5-7-15(13)17)19-12-8-14-11(2)20-21(3)16(14)18-9-12/h4-10,19H,1-3H3/t10-/m1/s1. The summed E-state index contributed by atoms with van der Waals surface area (Å²) in [6, 6.07) is 10.0. The molecule has 3 rings (SSSR count). The number of hydrogen-bond acceptors (Lipinski definition) is 3. The van der Waals surface area contributed by atoms with Gasteiger partial charge in [-0.2, -0.15) is 5.10 Å². The molecule has 108 valence electrons. The molecule has 3 aromatic rings. The zero-order valence-electron chi connectivity index (χ0n) is 12.3. The molecule has 4 nitrogen and oxygen atoms in total. The second-order valence-corrected chi connectivity index (χ2v) is 5.60. The molecular formula is C16H17ClN4. The molecule has 21 heavy (non-hydrogen) atoms. The first-order valence-electron chi connectivity index (χ1n) is 6.86. The smallest absolute Gasteiger partial charge is 0.157 e. The monoisotopic (exact) mass is 300 g/mol. The summed E-state index contributed by atoms with van der Waals surface area (Å²) in [7, 11) is 1.90. The maximum absolute atomic E-state index is 6.24. The minimum Gasteiger partial charge on any atom is -0.377 e. The maximum Gasteiger partial charge on any atom is 0.157 e. The quantitative estimate of drug-likeness (QED) is 0.792. The van der Waals surface area contributed by atoms with Crippen LogP contribution in [0.25, 0.3) is 11.0 Å². The van der Waals surface area contributed by atoms with Gasteiger partial charge < -0.3 is 5.32 Å². The zero-order valence-corrected chi connectivity index (χ0v) is 13.0. The molecule has 0 saturated carbocycles. The average Bonchev–Trinajstić information content (AvgIpc) is 2.74. The Kier molecular flexibility index (Phi) is 3.55. The Hall–Kier alpha value is -2.07. The van der Waals surface area contributed by atoms with E-state index >= 15 is 0 Å². The van der Waals surface area contributed by atoms with Crippen LogP contribution in [0.3, 0.4) is 0 Å². The second kappa shape index (κ2) is 5.37. The number of halogens is 1. The largest absolute Gasteiger partial charge is 0.377 e. The van der Waals surface area contributed by atoms with E-state index in [1.54, 1.807) is 4.68 Å². The number of hydrogen-bond donors (Lipinski definition) is 1. The van der Waals surface area contributed by atoms with Crippen LogP contribution in [0.2, 0.25) is 5.02 Å². The molecule has 0 saturated heterocycles. The molecule has 0 amide bonds. The van der Waals surface area contributed by atoms with Gasteiger partial charge in [-0.05, 0) is 31.5 Å². The van der Waals surface area contributed by atoms with Gasteiger partial charge in [0.1, 0.15) is 0 Å². The third-order valence-electron chi connectivity index (χ3n) is 3.62. The molecule has 0 bridgehead atoms. The van der Waals surface area contributed by atoms with Gasteiger partial charge in [0.05, 0.1) is 23.6 Å². The van der Waals surface area contributed by atoms with Crippen LogP contribution in [-0.4, -0.2) is 14.8 Å². The van der Waals surface area contributed by atoms with Crippen molar-refractivity contribution in [1.29, 1.82) is 0 Å².